The number of anilines is 1. The number of hydrogen-bond donors (Lipinski definition) is 1. The monoisotopic (exact) mass is 255 g/mol. The van der Waals surface area contributed by atoms with Crippen molar-refractivity contribution >= 4 is 23.2 Å². The van der Waals surface area contributed by atoms with Crippen molar-refractivity contribution in [2.24, 2.45) is 5.10 Å². The standard InChI is InChI=1S/C14H13N3O2/c1-2-10-15-14(19)12-8-9-13(18)17(16-12)11-6-4-3-5-7-11/h1,3-7H,8-10H2,(H,15,19). The topological polar surface area (TPSA) is 61.8 Å². The molecule has 0 atom stereocenters. The van der Waals surface area contributed by atoms with E-state index in [-0.39, 0.29) is 24.8 Å². The van der Waals surface area contributed by atoms with E-state index in [1.807, 2.05) is 18.2 Å². The number of terminal acetylenes is 1. The van der Waals surface area contributed by atoms with Gasteiger partial charge in [0.2, 0.25) is 5.91 Å². The number of para-hydroxylation sites is 1. The van der Waals surface area contributed by atoms with Crippen molar-refractivity contribution in [3.8, 4) is 12.3 Å². The Bertz CT molecular complexity index is 558. The van der Waals surface area contributed by atoms with Crippen molar-refractivity contribution in [3.63, 3.8) is 0 Å². The molecular weight excluding hydrogens is 242 g/mol. The number of hydrogen-bond acceptors (Lipinski definition) is 3. The second kappa shape index (κ2) is 5.83. The zero-order valence-electron chi connectivity index (χ0n) is 10.3. The summed E-state index contributed by atoms with van der Waals surface area (Å²) >= 11 is 0. The first-order chi connectivity index (χ1) is 9.22. The van der Waals surface area contributed by atoms with Crippen LogP contribution < -0.4 is 10.3 Å². The van der Waals surface area contributed by atoms with Crippen LogP contribution in [0.2, 0.25) is 0 Å². The lowest BCUT2D eigenvalue weighted by Gasteiger charge is -2.22. The molecule has 1 aromatic carbocycles. The highest BCUT2D eigenvalue weighted by Gasteiger charge is 2.25. The van der Waals surface area contributed by atoms with Crippen LogP contribution >= 0.6 is 0 Å². The van der Waals surface area contributed by atoms with Gasteiger partial charge in [-0.25, -0.2) is 5.01 Å². The summed E-state index contributed by atoms with van der Waals surface area (Å²) in [5, 5.41) is 7.91. The molecule has 5 heteroatoms. The van der Waals surface area contributed by atoms with Gasteiger partial charge in [-0.05, 0) is 12.1 Å². The van der Waals surface area contributed by atoms with Crippen molar-refractivity contribution in [3.05, 3.63) is 30.3 Å². The summed E-state index contributed by atoms with van der Waals surface area (Å²) in [6.07, 6.45) is 5.67. The lowest BCUT2D eigenvalue weighted by molar-refractivity contribution is -0.118. The lowest BCUT2D eigenvalue weighted by Crippen LogP contribution is -2.39. The van der Waals surface area contributed by atoms with Crippen LogP contribution in [0.3, 0.4) is 0 Å². The Kier molecular flexibility index (Phi) is 3.94. The SMILES string of the molecule is C#CCNC(=O)C1=NN(c2ccccc2)C(=O)CC1. The molecule has 0 aromatic heterocycles. The summed E-state index contributed by atoms with van der Waals surface area (Å²) < 4.78 is 0. The summed E-state index contributed by atoms with van der Waals surface area (Å²) in [7, 11) is 0. The van der Waals surface area contributed by atoms with E-state index in [4.69, 9.17) is 6.42 Å². The first-order valence-electron chi connectivity index (χ1n) is 5.89. The minimum Gasteiger partial charge on any atom is -0.340 e. The van der Waals surface area contributed by atoms with E-state index in [2.05, 4.69) is 16.3 Å². The Morgan fingerprint density at radius 1 is 1.37 bits per heavy atom. The molecule has 5 nitrogen and oxygen atoms in total. The van der Waals surface area contributed by atoms with Crippen molar-refractivity contribution < 1.29 is 9.59 Å². The van der Waals surface area contributed by atoms with E-state index in [1.165, 1.54) is 5.01 Å². The second-order valence-electron chi connectivity index (χ2n) is 3.97. The van der Waals surface area contributed by atoms with Crippen molar-refractivity contribution in [2.75, 3.05) is 11.6 Å². The van der Waals surface area contributed by atoms with Gasteiger partial charge in [-0.1, -0.05) is 24.1 Å². The number of benzene rings is 1. The minimum atomic E-state index is -0.327. The van der Waals surface area contributed by atoms with Crippen LogP contribution in [-0.2, 0) is 9.59 Å². The van der Waals surface area contributed by atoms with Crippen LogP contribution in [0.1, 0.15) is 12.8 Å². The quantitative estimate of drug-likeness (QED) is 0.816. The summed E-state index contributed by atoms with van der Waals surface area (Å²) in [4.78, 5) is 23.6. The fraction of sp³-hybridized carbons (Fsp3) is 0.214. The summed E-state index contributed by atoms with van der Waals surface area (Å²) in [6.45, 7) is 0.150. The van der Waals surface area contributed by atoms with Gasteiger partial charge in [0.1, 0.15) is 5.71 Å². The van der Waals surface area contributed by atoms with Gasteiger partial charge in [0.25, 0.3) is 5.91 Å². The highest BCUT2D eigenvalue weighted by atomic mass is 16.2. The van der Waals surface area contributed by atoms with E-state index in [9.17, 15) is 9.59 Å². The lowest BCUT2D eigenvalue weighted by atomic mass is 10.1. The molecule has 0 unspecified atom stereocenters. The van der Waals surface area contributed by atoms with E-state index in [1.54, 1.807) is 12.1 Å². The van der Waals surface area contributed by atoms with Gasteiger partial charge in [0, 0.05) is 12.8 Å². The smallest absolute Gasteiger partial charge is 0.268 e. The molecule has 0 aliphatic carbocycles. The molecule has 2 amide bonds. The fourth-order valence-electron chi connectivity index (χ4n) is 1.72. The molecule has 1 heterocycles. The van der Waals surface area contributed by atoms with E-state index in [0.29, 0.717) is 17.8 Å². The first kappa shape index (κ1) is 12.8. The maximum atomic E-state index is 11.8. The molecule has 0 spiro atoms. The highest BCUT2D eigenvalue weighted by molar-refractivity contribution is 6.40. The molecule has 1 aromatic rings. The Hall–Kier alpha value is -2.61. The van der Waals surface area contributed by atoms with Crippen molar-refractivity contribution in [1.82, 2.24) is 5.32 Å². The Balaban J connectivity index is 2.21. The molecule has 2 rings (SSSR count). The molecule has 0 saturated carbocycles. The zero-order chi connectivity index (χ0) is 13.7. The Labute approximate surface area is 111 Å². The number of rotatable bonds is 3. The average molecular weight is 255 g/mol. The summed E-state index contributed by atoms with van der Waals surface area (Å²) in [6, 6.07) is 9.01. The fourth-order valence-corrected chi connectivity index (χ4v) is 1.72. The molecule has 0 radical (unpaired) electrons. The molecular formula is C14H13N3O2. The van der Waals surface area contributed by atoms with Crippen LogP contribution in [-0.4, -0.2) is 24.1 Å². The van der Waals surface area contributed by atoms with E-state index < -0.39 is 0 Å². The third-order valence-corrected chi connectivity index (χ3v) is 2.65. The summed E-state index contributed by atoms with van der Waals surface area (Å²) in [5.41, 5.74) is 0.966. The van der Waals surface area contributed by atoms with E-state index >= 15 is 0 Å². The van der Waals surface area contributed by atoms with Crippen LogP contribution in [0.5, 0.6) is 0 Å². The molecule has 96 valence electrons. The largest absolute Gasteiger partial charge is 0.340 e. The van der Waals surface area contributed by atoms with Crippen molar-refractivity contribution in [1.29, 1.82) is 0 Å². The van der Waals surface area contributed by atoms with Crippen LogP contribution in [0.25, 0.3) is 0 Å². The zero-order valence-corrected chi connectivity index (χ0v) is 10.3. The first-order valence-corrected chi connectivity index (χ1v) is 5.89. The maximum Gasteiger partial charge on any atom is 0.268 e. The molecule has 1 aliphatic heterocycles. The number of nitrogens with one attached hydrogen (secondary N) is 1. The second-order valence-corrected chi connectivity index (χ2v) is 3.97. The maximum absolute atomic E-state index is 11.8. The van der Waals surface area contributed by atoms with Gasteiger partial charge in [0.05, 0.1) is 12.2 Å². The third-order valence-electron chi connectivity index (χ3n) is 2.65. The molecule has 1 N–H and O–H groups in total. The molecule has 1 aliphatic rings. The van der Waals surface area contributed by atoms with Gasteiger partial charge >= 0.3 is 0 Å². The van der Waals surface area contributed by atoms with Gasteiger partial charge in [0.15, 0.2) is 0 Å². The number of hydrazone groups is 1. The molecule has 0 bridgehead atoms. The van der Waals surface area contributed by atoms with Crippen LogP contribution in [0.15, 0.2) is 35.4 Å². The molecule has 0 saturated heterocycles. The highest BCUT2D eigenvalue weighted by Crippen LogP contribution is 2.19. The van der Waals surface area contributed by atoms with Crippen molar-refractivity contribution in [2.45, 2.75) is 12.8 Å². The Morgan fingerprint density at radius 2 is 2.11 bits per heavy atom. The number of nitrogens with zero attached hydrogens (tertiary/aromatic N) is 2. The number of carbonyl (C=O) groups is 2. The number of amides is 2. The third kappa shape index (κ3) is 2.99. The summed E-state index contributed by atoms with van der Waals surface area (Å²) in [5.74, 6) is 1.87. The molecule has 0 fully saturated rings. The molecule has 19 heavy (non-hydrogen) atoms. The van der Waals surface area contributed by atoms with Gasteiger partial charge < -0.3 is 5.32 Å². The number of carbonyl (C=O) groups excluding carboxylic acids is 2. The van der Waals surface area contributed by atoms with Crippen LogP contribution in [0, 0.1) is 12.3 Å². The Morgan fingerprint density at radius 3 is 2.79 bits per heavy atom. The normalized spacial score (nSPS) is 14.6. The van der Waals surface area contributed by atoms with Gasteiger partial charge in [-0.2, -0.15) is 5.10 Å². The van der Waals surface area contributed by atoms with Gasteiger partial charge in [-0.15, -0.1) is 6.42 Å². The average Bonchev–Trinajstić information content (AvgIpc) is 2.46. The van der Waals surface area contributed by atoms with E-state index in [0.717, 1.165) is 0 Å². The predicted octanol–water partition coefficient (Wildman–Crippen LogP) is 0.919. The van der Waals surface area contributed by atoms with Gasteiger partial charge in [-0.3, -0.25) is 9.59 Å². The van der Waals surface area contributed by atoms with Crippen LogP contribution in [0.4, 0.5) is 5.69 Å². The predicted molar refractivity (Wildman–Crippen MR) is 72.4 cm³/mol. The minimum absolute atomic E-state index is 0.125.